The van der Waals surface area contributed by atoms with Crippen LogP contribution in [0.2, 0.25) is 0 Å². The molecule has 1 saturated carbocycles. The number of carbonyl (C=O) groups is 1. The molecule has 0 saturated heterocycles. The molecule has 2 rings (SSSR count). The van der Waals surface area contributed by atoms with Crippen molar-refractivity contribution in [1.82, 2.24) is 5.32 Å². The molecule has 0 radical (unpaired) electrons. The Morgan fingerprint density at radius 2 is 2.26 bits per heavy atom. The van der Waals surface area contributed by atoms with Crippen LogP contribution in [0.3, 0.4) is 0 Å². The molecule has 0 aromatic carbocycles. The number of hydrogen-bond acceptors (Lipinski definition) is 3. The third-order valence-electron chi connectivity index (χ3n) is 3.91. The number of amides is 1. The van der Waals surface area contributed by atoms with Crippen molar-refractivity contribution in [3.8, 4) is 0 Å². The lowest BCUT2D eigenvalue weighted by atomic mass is 9.94. The SMILES string of the molecule is CCCC(NC(=O)CC1(N)CCCC1)c1cccs1. The summed E-state index contributed by atoms with van der Waals surface area (Å²) in [4.78, 5) is 13.4. The number of carbonyl (C=O) groups excluding carboxylic acids is 1. The monoisotopic (exact) mass is 280 g/mol. The Morgan fingerprint density at radius 3 is 2.84 bits per heavy atom. The standard InChI is InChI=1S/C15H24N2OS/c1-2-6-12(13-7-5-10-19-13)17-14(18)11-15(16)8-3-4-9-15/h5,7,10,12H,2-4,6,8-9,11,16H2,1H3,(H,17,18). The van der Waals surface area contributed by atoms with Crippen molar-refractivity contribution in [2.24, 2.45) is 5.73 Å². The van der Waals surface area contributed by atoms with Crippen LogP contribution in [-0.2, 0) is 4.79 Å². The molecule has 1 aromatic rings. The number of thiophene rings is 1. The zero-order valence-corrected chi connectivity index (χ0v) is 12.5. The summed E-state index contributed by atoms with van der Waals surface area (Å²) in [5, 5.41) is 5.22. The van der Waals surface area contributed by atoms with Gasteiger partial charge >= 0.3 is 0 Å². The van der Waals surface area contributed by atoms with Gasteiger partial charge in [0.15, 0.2) is 0 Å². The van der Waals surface area contributed by atoms with Gasteiger partial charge in [0, 0.05) is 16.8 Å². The van der Waals surface area contributed by atoms with E-state index in [1.807, 2.05) is 6.07 Å². The van der Waals surface area contributed by atoms with Crippen LogP contribution < -0.4 is 11.1 Å². The molecule has 1 aliphatic carbocycles. The fourth-order valence-electron chi connectivity index (χ4n) is 2.88. The first-order chi connectivity index (χ1) is 9.13. The smallest absolute Gasteiger partial charge is 0.222 e. The minimum atomic E-state index is -0.254. The molecule has 0 bridgehead atoms. The van der Waals surface area contributed by atoms with Crippen LogP contribution in [0.5, 0.6) is 0 Å². The summed E-state index contributed by atoms with van der Waals surface area (Å²) in [5.41, 5.74) is 6.02. The van der Waals surface area contributed by atoms with Gasteiger partial charge in [-0.2, -0.15) is 0 Å². The van der Waals surface area contributed by atoms with Gasteiger partial charge in [-0.25, -0.2) is 0 Å². The number of nitrogens with one attached hydrogen (secondary N) is 1. The molecule has 1 aromatic heterocycles. The van der Waals surface area contributed by atoms with Gasteiger partial charge in [0.2, 0.25) is 5.91 Å². The third-order valence-corrected chi connectivity index (χ3v) is 4.90. The summed E-state index contributed by atoms with van der Waals surface area (Å²) < 4.78 is 0. The molecule has 1 aliphatic rings. The van der Waals surface area contributed by atoms with Gasteiger partial charge in [-0.3, -0.25) is 4.79 Å². The molecular formula is C15H24N2OS. The summed E-state index contributed by atoms with van der Waals surface area (Å²) >= 11 is 1.71. The van der Waals surface area contributed by atoms with E-state index >= 15 is 0 Å². The maximum Gasteiger partial charge on any atom is 0.222 e. The lowest BCUT2D eigenvalue weighted by Gasteiger charge is -2.24. The predicted molar refractivity (Wildman–Crippen MR) is 80.1 cm³/mol. The number of rotatable bonds is 6. The summed E-state index contributed by atoms with van der Waals surface area (Å²) in [6.45, 7) is 2.15. The first-order valence-corrected chi connectivity index (χ1v) is 8.12. The van der Waals surface area contributed by atoms with E-state index in [1.54, 1.807) is 11.3 Å². The molecule has 106 valence electrons. The van der Waals surface area contributed by atoms with Crippen molar-refractivity contribution >= 4 is 17.2 Å². The Hall–Kier alpha value is -0.870. The molecule has 3 N–H and O–H groups in total. The van der Waals surface area contributed by atoms with Gasteiger partial charge in [-0.1, -0.05) is 32.3 Å². The predicted octanol–water partition coefficient (Wildman–Crippen LogP) is 3.37. The number of nitrogens with two attached hydrogens (primary N) is 1. The molecule has 1 unspecified atom stereocenters. The maximum absolute atomic E-state index is 12.2. The summed E-state index contributed by atoms with van der Waals surface area (Å²) in [5.74, 6) is 0.108. The van der Waals surface area contributed by atoms with E-state index in [2.05, 4.69) is 23.7 Å². The van der Waals surface area contributed by atoms with Crippen molar-refractivity contribution in [2.45, 2.75) is 63.5 Å². The van der Waals surface area contributed by atoms with E-state index in [9.17, 15) is 4.79 Å². The Kier molecular flexibility index (Phi) is 4.99. The molecule has 0 aliphatic heterocycles. The highest BCUT2D eigenvalue weighted by Gasteiger charge is 2.32. The first-order valence-electron chi connectivity index (χ1n) is 7.24. The zero-order valence-electron chi connectivity index (χ0n) is 11.7. The Morgan fingerprint density at radius 1 is 1.53 bits per heavy atom. The normalized spacial score (nSPS) is 19.3. The molecule has 3 nitrogen and oxygen atoms in total. The van der Waals surface area contributed by atoms with Crippen LogP contribution in [0.25, 0.3) is 0 Å². The van der Waals surface area contributed by atoms with E-state index in [4.69, 9.17) is 5.73 Å². The highest BCUT2D eigenvalue weighted by Crippen LogP contribution is 2.30. The topological polar surface area (TPSA) is 55.1 Å². The molecule has 0 spiro atoms. The fraction of sp³-hybridized carbons (Fsp3) is 0.667. The van der Waals surface area contributed by atoms with Crippen molar-refractivity contribution in [3.63, 3.8) is 0 Å². The fourth-order valence-corrected chi connectivity index (χ4v) is 3.70. The Balaban J connectivity index is 1.91. The minimum absolute atomic E-state index is 0.108. The largest absolute Gasteiger partial charge is 0.348 e. The summed E-state index contributed by atoms with van der Waals surface area (Å²) in [6, 6.07) is 4.29. The van der Waals surface area contributed by atoms with Crippen LogP contribution in [0.4, 0.5) is 0 Å². The van der Waals surface area contributed by atoms with E-state index in [0.29, 0.717) is 6.42 Å². The van der Waals surface area contributed by atoms with Crippen LogP contribution in [0, 0.1) is 0 Å². The molecule has 19 heavy (non-hydrogen) atoms. The average Bonchev–Trinajstić information content (AvgIpc) is 2.99. The van der Waals surface area contributed by atoms with E-state index in [1.165, 1.54) is 4.88 Å². The van der Waals surface area contributed by atoms with E-state index < -0.39 is 0 Å². The molecule has 1 atom stereocenters. The second-order valence-corrected chi connectivity index (χ2v) is 6.65. The highest BCUT2D eigenvalue weighted by molar-refractivity contribution is 7.10. The second-order valence-electron chi connectivity index (χ2n) is 5.67. The van der Waals surface area contributed by atoms with Gasteiger partial charge in [0.1, 0.15) is 0 Å². The van der Waals surface area contributed by atoms with Crippen molar-refractivity contribution in [2.75, 3.05) is 0 Å². The van der Waals surface area contributed by atoms with Gasteiger partial charge in [0.25, 0.3) is 0 Å². The molecular weight excluding hydrogens is 256 g/mol. The van der Waals surface area contributed by atoms with Gasteiger partial charge in [-0.05, 0) is 30.7 Å². The molecule has 1 amide bonds. The molecule has 1 heterocycles. The van der Waals surface area contributed by atoms with Crippen molar-refractivity contribution in [3.05, 3.63) is 22.4 Å². The molecule has 4 heteroatoms. The van der Waals surface area contributed by atoms with Crippen LogP contribution in [0.15, 0.2) is 17.5 Å². The van der Waals surface area contributed by atoms with Crippen LogP contribution in [-0.4, -0.2) is 11.4 Å². The van der Waals surface area contributed by atoms with Crippen LogP contribution >= 0.6 is 11.3 Å². The lowest BCUT2D eigenvalue weighted by molar-refractivity contribution is -0.123. The summed E-state index contributed by atoms with van der Waals surface area (Å²) in [6.07, 6.45) is 6.81. The van der Waals surface area contributed by atoms with E-state index in [0.717, 1.165) is 38.5 Å². The maximum atomic E-state index is 12.2. The average molecular weight is 280 g/mol. The first kappa shape index (κ1) is 14.5. The van der Waals surface area contributed by atoms with Crippen molar-refractivity contribution < 1.29 is 4.79 Å². The Labute approximate surface area is 119 Å². The quantitative estimate of drug-likeness (QED) is 0.839. The van der Waals surface area contributed by atoms with E-state index in [-0.39, 0.29) is 17.5 Å². The third kappa shape index (κ3) is 4.05. The molecule has 1 fully saturated rings. The lowest BCUT2D eigenvalue weighted by Crippen LogP contribution is -2.42. The van der Waals surface area contributed by atoms with Gasteiger partial charge in [0.05, 0.1) is 6.04 Å². The zero-order chi connectivity index (χ0) is 13.7. The Bertz CT molecular complexity index is 396. The van der Waals surface area contributed by atoms with Crippen LogP contribution in [0.1, 0.15) is 62.8 Å². The van der Waals surface area contributed by atoms with Gasteiger partial charge in [-0.15, -0.1) is 11.3 Å². The van der Waals surface area contributed by atoms with Crippen molar-refractivity contribution in [1.29, 1.82) is 0 Å². The minimum Gasteiger partial charge on any atom is -0.348 e. The second kappa shape index (κ2) is 6.53. The highest BCUT2D eigenvalue weighted by atomic mass is 32.1. The number of hydrogen-bond donors (Lipinski definition) is 2. The summed E-state index contributed by atoms with van der Waals surface area (Å²) in [7, 11) is 0. The van der Waals surface area contributed by atoms with Gasteiger partial charge < -0.3 is 11.1 Å².